The summed E-state index contributed by atoms with van der Waals surface area (Å²) in [5.74, 6) is -0.995. The molecule has 1 N–H and O–H groups in total. The first-order valence-electron chi connectivity index (χ1n) is 1.98. The van der Waals surface area contributed by atoms with Crippen molar-refractivity contribution >= 4 is 17.3 Å². The van der Waals surface area contributed by atoms with E-state index in [1.54, 1.807) is 0 Å². The van der Waals surface area contributed by atoms with Crippen LogP contribution >= 0.6 is 0 Å². The molecule has 0 aliphatic rings. The minimum atomic E-state index is -2.86. The van der Waals surface area contributed by atoms with E-state index in [0.29, 0.717) is 0 Å². The van der Waals surface area contributed by atoms with E-state index in [1.165, 1.54) is 6.92 Å². The van der Waals surface area contributed by atoms with E-state index in [1.807, 2.05) is 0 Å². The average molecular weight is 232 g/mol. The van der Waals surface area contributed by atoms with Crippen LogP contribution in [0.4, 0.5) is 0 Å². The van der Waals surface area contributed by atoms with Crippen LogP contribution in [-0.2, 0) is 16.2 Å². The first kappa shape index (κ1) is 23.5. The maximum atomic E-state index is 9.26. The second-order valence-corrected chi connectivity index (χ2v) is 1.38. The second-order valence-electron chi connectivity index (χ2n) is 0.943. The summed E-state index contributed by atoms with van der Waals surface area (Å²) in [6.07, 6.45) is 0.111. The topological polar surface area (TPSA) is 100 Å². The van der Waals surface area contributed by atoms with E-state index < -0.39 is 17.3 Å². The van der Waals surface area contributed by atoms with Gasteiger partial charge < -0.3 is 19.0 Å². The molecule has 0 aliphatic heterocycles. The number of carboxylic acids is 1. The molecule has 5 nitrogen and oxygen atoms in total. The normalized spacial score (nSPS) is 9.00. The summed E-state index contributed by atoms with van der Waals surface area (Å²) in [5.41, 5.74) is 0. The first-order valence-corrected chi connectivity index (χ1v) is 3.02. The molecule has 0 saturated carbocycles. The molecule has 0 radical (unpaired) electrons. The molecule has 0 saturated heterocycles. The summed E-state index contributed by atoms with van der Waals surface area (Å²) < 4.78 is 24.1. The zero-order chi connectivity index (χ0) is 7.86. The molecular weight excluding hydrogens is 226 g/mol. The summed E-state index contributed by atoms with van der Waals surface area (Å²) in [4.78, 5) is 9.26. The number of carboxylic acid groups (broad SMARTS) is 1. The van der Waals surface area contributed by atoms with Crippen LogP contribution in [0.25, 0.3) is 0 Å². The Labute approximate surface area is 153 Å². The number of hydrogen-bond donors (Lipinski definition) is 1. The Bertz CT molecular complexity index is 104. The summed E-state index contributed by atoms with van der Waals surface area (Å²) in [7, 11) is 0. The van der Waals surface area contributed by atoms with E-state index in [0.717, 1.165) is 0 Å². The van der Waals surface area contributed by atoms with Gasteiger partial charge in [-0.2, -0.15) is 0 Å². The molecular formula is C3H6K2O5S. The summed E-state index contributed by atoms with van der Waals surface area (Å²) >= 11 is -2.86. The summed E-state index contributed by atoms with van der Waals surface area (Å²) in [6.45, 7) is 1.54. The molecule has 0 aromatic carbocycles. The van der Waals surface area contributed by atoms with Gasteiger partial charge in [0.25, 0.3) is 0 Å². The molecule has 0 fully saturated rings. The van der Waals surface area contributed by atoms with Gasteiger partial charge in [0, 0.05) is 5.97 Å². The molecule has 0 spiro atoms. The third kappa shape index (κ3) is 64.7. The van der Waals surface area contributed by atoms with Gasteiger partial charge in [0.1, 0.15) is 0 Å². The molecule has 0 bridgehead atoms. The zero-order valence-corrected chi connectivity index (χ0v) is 13.8. The van der Waals surface area contributed by atoms with Crippen molar-refractivity contribution < 1.29 is 126 Å². The van der Waals surface area contributed by atoms with Crippen LogP contribution < -0.4 is 108 Å². The van der Waals surface area contributed by atoms with Crippen LogP contribution in [0.3, 0.4) is 0 Å². The van der Waals surface area contributed by atoms with Crippen molar-refractivity contribution in [2.45, 2.75) is 13.3 Å². The van der Waals surface area contributed by atoms with E-state index in [9.17, 15) is 9.90 Å². The van der Waals surface area contributed by atoms with Crippen molar-refractivity contribution in [2.75, 3.05) is 0 Å². The van der Waals surface area contributed by atoms with Crippen LogP contribution in [0, 0.1) is 0 Å². The predicted octanol–water partition coefficient (Wildman–Crippen LogP) is -7.51. The summed E-state index contributed by atoms with van der Waals surface area (Å²) in [6, 6.07) is 0. The van der Waals surface area contributed by atoms with Crippen molar-refractivity contribution in [3.63, 3.8) is 0 Å². The van der Waals surface area contributed by atoms with E-state index >= 15 is 0 Å². The third-order valence-electron chi connectivity index (χ3n) is 0.289. The van der Waals surface area contributed by atoms with Crippen LogP contribution in [0.2, 0.25) is 0 Å². The Morgan fingerprint density at radius 3 is 1.64 bits per heavy atom. The zero-order valence-electron chi connectivity index (χ0n) is 6.70. The van der Waals surface area contributed by atoms with Crippen molar-refractivity contribution in [1.29, 1.82) is 0 Å². The van der Waals surface area contributed by atoms with Gasteiger partial charge in [0.05, 0.1) is 11.4 Å². The Hall–Kier alpha value is 2.81. The van der Waals surface area contributed by atoms with Crippen LogP contribution in [0.15, 0.2) is 0 Å². The van der Waals surface area contributed by atoms with Gasteiger partial charge >= 0.3 is 103 Å². The molecule has 1 unspecified atom stereocenters. The number of carbonyl (C=O) groups excluding carboxylic acids is 1. The number of carbonyl (C=O) groups is 1. The van der Waals surface area contributed by atoms with Crippen molar-refractivity contribution in [1.82, 2.24) is 0 Å². The van der Waals surface area contributed by atoms with Gasteiger partial charge in [-0.15, -0.1) is 0 Å². The summed E-state index contributed by atoms with van der Waals surface area (Å²) in [5, 5.41) is 9.26. The average Bonchev–Trinajstić information content (AvgIpc) is 1.65. The molecule has 0 aliphatic carbocycles. The molecule has 11 heavy (non-hydrogen) atoms. The molecule has 8 heteroatoms. The fourth-order valence-electron chi connectivity index (χ4n) is 0. The fraction of sp³-hybridized carbons (Fsp3) is 0.667. The third-order valence-corrected chi connectivity index (χ3v) is 0.289. The van der Waals surface area contributed by atoms with E-state index in [-0.39, 0.29) is 109 Å². The van der Waals surface area contributed by atoms with Crippen molar-refractivity contribution in [3.8, 4) is 0 Å². The number of hydrogen-bond acceptors (Lipinski definition) is 4. The van der Waals surface area contributed by atoms with Crippen LogP contribution in [0.1, 0.15) is 13.3 Å². The predicted molar refractivity (Wildman–Crippen MR) is 26.8 cm³/mol. The number of rotatable bonds is 1. The maximum absolute atomic E-state index is 9.26. The molecule has 0 aromatic rings. The molecule has 0 heterocycles. The standard InChI is InChI=1S/C3H6O2.2K.H2O3S/c1-2-3(4)5;;;1-4(2)3/h2H2,1H3,(H,4,5);;;(H2,1,2,3)/q;2*+1;/p-2. The van der Waals surface area contributed by atoms with Crippen molar-refractivity contribution in [3.05, 3.63) is 0 Å². The van der Waals surface area contributed by atoms with Gasteiger partial charge in [0.15, 0.2) is 0 Å². The van der Waals surface area contributed by atoms with Crippen molar-refractivity contribution in [2.24, 2.45) is 0 Å². The van der Waals surface area contributed by atoms with Gasteiger partial charge in [-0.05, 0) is 6.42 Å². The molecule has 0 rings (SSSR count). The maximum Gasteiger partial charge on any atom is 1.00 e. The molecule has 1 atom stereocenters. The van der Waals surface area contributed by atoms with Crippen LogP contribution in [0.5, 0.6) is 0 Å². The Morgan fingerprint density at radius 2 is 1.64 bits per heavy atom. The fourth-order valence-corrected chi connectivity index (χ4v) is 0. The Balaban J connectivity index is -0.0000000383. The van der Waals surface area contributed by atoms with E-state index in [2.05, 4.69) is 0 Å². The molecule has 56 valence electrons. The van der Waals surface area contributed by atoms with Crippen LogP contribution in [-0.4, -0.2) is 19.3 Å². The van der Waals surface area contributed by atoms with Gasteiger partial charge in [-0.3, -0.25) is 0 Å². The smallest absolute Gasteiger partial charge is 0.750 e. The minimum Gasteiger partial charge on any atom is -0.750 e. The second kappa shape index (κ2) is 18.6. The molecule has 0 aromatic heterocycles. The van der Waals surface area contributed by atoms with Gasteiger partial charge in [-0.25, -0.2) is 4.21 Å². The Morgan fingerprint density at radius 1 is 1.55 bits per heavy atom. The quantitative estimate of drug-likeness (QED) is 0.357. The largest absolute Gasteiger partial charge is 1.00 e. The first-order chi connectivity index (χ1) is 4.00. The number of aliphatic carboxylic acids is 1. The Kier molecular flexibility index (Phi) is 39.8. The van der Waals surface area contributed by atoms with E-state index in [4.69, 9.17) is 13.3 Å². The van der Waals surface area contributed by atoms with Gasteiger partial charge in [0.2, 0.25) is 0 Å². The monoisotopic (exact) mass is 232 g/mol. The minimum absolute atomic E-state index is 0. The SMILES string of the molecule is CCC(=O)[O-].O=S([O-])O.[K+].[K+]. The molecule has 0 amide bonds. The van der Waals surface area contributed by atoms with Gasteiger partial charge in [-0.1, -0.05) is 6.92 Å².